The van der Waals surface area contributed by atoms with Crippen LogP contribution in [0.15, 0.2) is 63.5 Å². The molecule has 0 atom stereocenters. The van der Waals surface area contributed by atoms with E-state index in [1.54, 1.807) is 0 Å². The van der Waals surface area contributed by atoms with Crippen molar-refractivity contribution >= 4 is 49.4 Å². The highest BCUT2D eigenvalue weighted by molar-refractivity contribution is 9.10. The third-order valence-corrected chi connectivity index (χ3v) is 8.35. The number of ether oxygens (including phenoxy) is 4. The van der Waals surface area contributed by atoms with Crippen LogP contribution in [0, 0.1) is 0 Å². The van der Waals surface area contributed by atoms with Gasteiger partial charge in [-0.05, 0) is 66.9 Å². The van der Waals surface area contributed by atoms with Crippen molar-refractivity contribution in [3.05, 3.63) is 91.4 Å². The molecule has 2 aliphatic heterocycles. The van der Waals surface area contributed by atoms with Gasteiger partial charge in [0.15, 0.2) is 5.60 Å². The van der Waals surface area contributed by atoms with Crippen molar-refractivity contribution in [2.45, 2.75) is 37.8 Å². The van der Waals surface area contributed by atoms with Gasteiger partial charge in [-0.3, -0.25) is 0 Å². The van der Waals surface area contributed by atoms with E-state index in [2.05, 4.69) is 43.2 Å². The van der Waals surface area contributed by atoms with Crippen LogP contribution in [0.25, 0.3) is 0 Å². The lowest BCUT2D eigenvalue weighted by atomic mass is 9.77. The van der Waals surface area contributed by atoms with Crippen molar-refractivity contribution in [3.8, 4) is 11.5 Å². The molecule has 6 nitrogen and oxygen atoms in total. The summed E-state index contributed by atoms with van der Waals surface area (Å²) in [6.45, 7) is 3.89. The lowest BCUT2D eigenvalue weighted by molar-refractivity contribution is 0.0224. The van der Waals surface area contributed by atoms with Crippen LogP contribution in [0.5, 0.6) is 11.5 Å². The standard InChI is InChI=1S/C31H32Br2ClNO5/c32-22-6-9-25-28(18-22)39-29-19-23(33)7-10-26(29)31(25)27-17-21(5-8-24(27)30(36)40-31)20-35-12-14-38-16-15-37-13-4-2-1-3-11-34/h5-10,17-19,35H,1-4,11-16,20H2. The van der Waals surface area contributed by atoms with Crippen LogP contribution < -0.4 is 10.1 Å². The second-order valence-electron chi connectivity index (χ2n) is 9.84. The van der Waals surface area contributed by atoms with E-state index < -0.39 is 5.60 Å². The molecule has 0 aromatic heterocycles. The number of unbranched alkanes of at least 4 members (excludes halogenated alkanes) is 3. The summed E-state index contributed by atoms with van der Waals surface area (Å²) in [6.07, 6.45) is 4.46. The van der Waals surface area contributed by atoms with Gasteiger partial charge in [0.25, 0.3) is 0 Å². The fourth-order valence-corrected chi connectivity index (χ4v) is 6.05. The molecule has 5 rings (SSSR count). The van der Waals surface area contributed by atoms with Gasteiger partial charge in [-0.25, -0.2) is 4.79 Å². The molecular weight excluding hydrogens is 662 g/mol. The third kappa shape index (κ3) is 6.42. The Morgan fingerprint density at radius 2 is 1.45 bits per heavy atom. The zero-order chi connectivity index (χ0) is 28.0. The number of fused-ring (bicyclic) bond motifs is 6. The summed E-state index contributed by atoms with van der Waals surface area (Å²) < 4.78 is 25.6. The van der Waals surface area contributed by atoms with Gasteiger partial charge in [0.2, 0.25) is 0 Å². The van der Waals surface area contributed by atoms with Crippen LogP contribution in [-0.4, -0.2) is 44.8 Å². The zero-order valence-corrected chi connectivity index (χ0v) is 26.1. The maximum absolute atomic E-state index is 13.2. The van der Waals surface area contributed by atoms with E-state index in [0.29, 0.717) is 50.0 Å². The fourth-order valence-electron chi connectivity index (χ4n) is 5.18. The monoisotopic (exact) mass is 691 g/mol. The van der Waals surface area contributed by atoms with E-state index in [-0.39, 0.29) is 5.97 Å². The van der Waals surface area contributed by atoms with Crippen molar-refractivity contribution < 1.29 is 23.7 Å². The number of halogens is 3. The van der Waals surface area contributed by atoms with E-state index in [1.807, 2.05) is 48.5 Å². The number of carbonyl (C=O) groups excluding carboxylic acids is 1. The SMILES string of the molecule is O=C1OC2(c3ccc(Br)cc3Oc3cc(Br)ccc32)c2cc(CNCCOCCOCCCCCCCl)ccc21. The Kier molecular flexibility index (Phi) is 10.2. The normalized spacial score (nSPS) is 14.4. The quantitative estimate of drug-likeness (QED) is 0.106. The van der Waals surface area contributed by atoms with Gasteiger partial charge in [0.1, 0.15) is 11.5 Å². The van der Waals surface area contributed by atoms with Gasteiger partial charge in [0, 0.05) is 51.2 Å². The molecule has 9 heteroatoms. The van der Waals surface area contributed by atoms with Gasteiger partial charge >= 0.3 is 5.97 Å². The molecule has 40 heavy (non-hydrogen) atoms. The summed E-state index contributed by atoms with van der Waals surface area (Å²) in [4.78, 5) is 13.2. The van der Waals surface area contributed by atoms with Gasteiger partial charge < -0.3 is 24.3 Å². The van der Waals surface area contributed by atoms with Crippen LogP contribution in [0.4, 0.5) is 0 Å². The molecule has 1 N–H and O–H groups in total. The highest BCUT2D eigenvalue weighted by Gasteiger charge is 2.53. The zero-order valence-electron chi connectivity index (χ0n) is 22.1. The molecule has 0 unspecified atom stereocenters. The second-order valence-corrected chi connectivity index (χ2v) is 12.0. The first kappa shape index (κ1) is 29.5. The first-order valence-corrected chi connectivity index (χ1v) is 15.7. The molecule has 2 aliphatic rings. The molecule has 0 saturated carbocycles. The molecule has 212 valence electrons. The van der Waals surface area contributed by atoms with Crippen LogP contribution in [-0.2, 0) is 26.4 Å². The predicted molar refractivity (Wildman–Crippen MR) is 163 cm³/mol. The molecule has 0 radical (unpaired) electrons. The third-order valence-electron chi connectivity index (χ3n) is 7.09. The summed E-state index contributed by atoms with van der Waals surface area (Å²) in [6, 6.07) is 17.5. The highest BCUT2D eigenvalue weighted by atomic mass is 79.9. The maximum atomic E-state index is 13.2. The molecule has 0 saturated heterocycles. The number of hydrogen-bond acceptors (Lipinski definition) is 6. The smallest absolute Gasteiger partial charge is 0.340 e. The molecule has 1 spiro atoms. The number of hydrogen-bond donors (Lipinski definition) is 1. The maximum Gasteiger partial charge on any atom is 0.340 e. The number of carbonyl (C=O) groups is 1. The molecule has 0 aliphatic carbocycles. The Morgan fingerprint density at radius 1 is 0.775 bits per heavy atom. The minimum Gasteiger partial charge on any atom is -0.456 e. The van der Waals surface area contributed by atoms with Gasteiger partial charge in [-0.2, -0.15) is 0 Å². The molecule has 2 heterocycles. The first-order valence-electron chi connectivity index (χ1n) is 13.6. The molecular formula is C31H32Br2ClNO5. The van der Waals surface area contributed by atoms with Crippen LogP contribution >= 0.6 is 43.5 Å². The summed E-state index contributed by atoms with van der Waals surface area (Å²) in [5.74, 6) is 1.69. The Labute approximate surface area is 256 Å². The van der Waals surface area contributed by atoms with E-state index in [1.165, 1.54) is 0 Å². The summed E-state index contributed by atoms with van der Waals surface area (Å²) in [5, 5.41) is 3.44. The van der Waals surface area contributed by atoms with Crippen molar-refractivity contribution in [3.63, 3.8) is 0 Å². The molecule has 0 fully saturated rings. The Morgan fingerprint density at radius 3 is 2.15 bits per heavy atom. The van der Waals surface area contributed by atoms with Crippen molar-refractivity contribution in [1.29, 1.82) is 0 Å². The summed E-state index contributed by atoms with van der Waals surface area (Å²) in [7, 11) is 0. The Balaban J connectivity index is 1.22. The average molecular weight is 694 g/mol. The Bertz CT molecular complexity index is 1300. The fraction of sp³-hybridized carbons (Fsp3) is 0.387. The summed E-state index contributed by atoms with van der Waals surface area (Å²) in [5.41, 5.74) is 2.96. The van der Waals surface area contributed by atoms with E-state index >= 15 is 0 Å². The highest BCUT2D eigenvalue weighted by Crippen LogP contribution is 2.56. The van der Waals surface area contributed by atoms with Crippen molar-refractivity contribution in [2.24, 2.45) is 0 Å². The number of nitrogens with one attached hydrogen (secondary N) is 1. The largest absolute Gasteiger partial charge is 0.456 e. The predicted octanol–water partition coefficient (Wildman–Crippen LogP) is 7.70. The van der Waals surface area contributed by atoms with E-state index in [0.717, 1.165) is 69.4 Å². The number of benzene rings is 3. The topological polar surface area (TPSA) is 66.0 Å². The van der Waals surface area contributed by atoms with Gasteiger partial charge in [0.05, 0.1) is 25.4 Å². The summed E-state index contributed by atoms with van der Waals surface area (Å²) >= 11 is 12.8. The minimum atomic E-state index is -1.08. The van der Waals surface area contributed by atoms with Crippen molar-refractivity contribution in [2.75, 3.05) is 38.9 Å². The second kappa shape index (κ2) is 13.8. The van der Waals surface area contributed by atoms with Crippen LogP contribution in [0.1, 0.15) is 58.3 Å². The molecule has 3 aromatic rings. The van der Waals surface area contributed by atoms with E-state index in [9.17, 15) is 4.79 Å². The number of alkyl halides is 1. The number of rotatable bonds is 14. The average Bonchev–Trinajstić information content (AvgIpc) is 3.22. The molecule has 0 amide bonds. The van der Waals surface area contributed by atoms with Crippen molar-refractivity contribution in [1.82, 2.24) is 5.32 Å². The van der Waals surface area contributed by atoms with Crippen LogP contribution in [0.2, 0.25) is 0 Å². The number of esters is 1. The van der Waals surface area contributed by atoms with Gasteiger partial charge in [-0.15, -0.1) is 11.6 Å². The Hall–Kier alpha value is -1.94. The van der Waals surface area contributed by atoms with Gasteiger partial charge in [-0.1, -0.05) is 50.8 Å². The van der Waals surface area contributed by atoms with E-state index in [4.69, 9.17) is 30.5 Å². The molecule has 3 aromatic carbocycles. The lowest BCUT2D eigenvalue weighted by Crippen LogP contribution is -2.33. The molecule has 0 bridgehead atoms. The first-order chi connectivity index (χ1) is 19.5. The minimum absolute atomic E-state index is 0.343. The van der Waals surface area contributed by atoms with Crippen LogP contribution in [0.3, 0.4) is 0 Å². The lowest BCUT2D eigenvalue weighted by Gasteiger charge is -2.36.